The lowest BCUT2D eigenvalue weighted by Crippen LogP contribution is -2.05. The van der Waals surface area contributed by atoms with Gasteiger partial charge in [-0.1, -0.05) is 6.08 Å². The molecule has 86 valence electrons. The van der Waals surface area contributed by atoms with E-state index in [9.17, 15) is 4.79 Å². The third kappa shape index (κ3) is 9.75. The Morgan fingerprint density at radius 1 is 1.47 bits per heavy atom. The van der Waals surface area contributed by atoms with Gasteiger partial charge in [0, 0.05) is 11.8 Å². The Morgan fingerprint density at radius 2 is 2.20 bits per heavy atom. The molecule has 0 aromatic rings. The number of carbonyl (C=O) groups excluding carboxylic acids is 1. The monoisotopic (exact) mass is 248 g/mol. The maximum atomic E-state index is 11.1. The molecule has 0 aromatic heterocycles. The second-order valence-electron chi connectivity index (χ2n) is 2.67. The van der Waals surface area contributed by atoms with Gasteiger partial charge in [-0.2, -0.15) is 0 Å². The average Bonchev–Trinajstić information content (AvgIpc) is 2.17. The number of hydrogen-bond donors (Lipinski definition) is 0. The Bertz CT molecular complexity index is 217. The molecular weight excluding hydrogens is 232 g/mol. The van der Waals surface area contributed by atoms with Crippen molar-refractivity contribution in [3.05, 3.63) is 12.7 Å². The van der Waals surface area contributed by atoms with Crippen molar-refractivity contribution in [3.63, 3.8) is 0 Å². The largest absolute Gasteiger partial charge is 0.478 e. The molecule has 0 fully saturated rings. The maximum absolute atomic E-state index is 11.1. The topological polar surface area (TPSA) is 35.5 Å². The van der Waals surface area contributed by atoms with Gasteiger partial charge in [0.05, 0.1) is 13.2 Å². The molecule has 0 saturated carbocycles. The molecule has 0 aromatic carbocycles. The van der Waals surface area contributed by atoms with Gasteiger partial charge < -0.3 is 9.47 Å². The fourth-order valence-electron chi connectivity index (χ4n) is 0.791. The minimum Gasteiger partial charge on any atom is -0.478 e. The summed E-state index contributed by atoms with van der Waals surface area (Å²) in [6, 6.07) is 0. The molecule has 0 saturated heterocycles. The zero-order valence-corrected chi connectivity index (χ0v) is 10.5. The predicted molar refractivity (Wildman–Crippen MR) is 67.2 cm³/mol. The third-order valence-corrected chi connectivity index (χ3v) is 2.39. The summed E-state index contributed by atoms with van der Waals surface area (Å²) in [6.07, 6.45) is 4.62. The summed E-state index contributed by atoms with van der Waals surface area (Å²) in [7, 11) is 0. The van der Waals surface area contributed by atoms with Crippen LogP contribution in [0.2, 0.25) is 0 Å². The molecule has 0 unspecified atom stereocenters. The van der Waals surface area contributed by atoms with Gasteiger partial charge in [-0.3, -0.25) is 0 Å². The Kier molecular flexibility index (Phi) is 9.62. The molecule has 3 nitrogen and oxygen atoms in total. The molecule has 0 amide bonds. The molecule has 15 heavy (non-hydrogen) atoms. The quantitative estimate of drug-likeness (QED) is 0.311. The number of allylic oxidation sites excluding steroid dienone is 1. The Balaban J connectivity index is 3.40. The lowest BCUT2D eigenvalue weighted by Gasteiger charge is -2.04. The van der Waals surface area contributed by atoms with Crippen molar-refractivity contribution in [2.75, 3.05) is 13.2 Å². The van der Waals surface area contributed by atoms with Gasteiger partial charge in [0.2, 0.25) is 4.38 Å². The van der Waals surface area contributed by atoms with Crippen molar-refractivity contribution in [2.24, 2.45) is 0 Å². The molecule has 5 heteroatoms. The Labute approximate surface area is 100 Å². The van der Waals surface area contributed by atoms with Crippen LogP contribution in [0.4, 0.5) is 4.79 Å². The van der Waals surface area contributed by atoms with Crippen LogP contribution in [0.3, 0.4) is 0 Å². The predicted octanol–water partition coefficient (Wildman–Crippen LogP) is 3.53. The summed E-state index contributed by atoms with van der Waals surface area (Å²) in [5.74, 6) is 0. The molecule has 0 bridgehead atoms. The summed E-state index contributed by atoms with van der Waals surface area (Å²) in [6.45, 7) is 6.32. The van der Waals surface area contributed by atoms with Gasteiger partial charge in [-0.15, -0.1) is 6.58 Å². The lowest BCUT2D eigenvalue weighted by molar-refractivity contribution is 0.173. The van der Waals surface area contributed by atoms with E-state index < -0.39 is 5.30 Å². The van der Waals surface area contributed by atoms with E-state index in [0.29, 0.717) is 13.2 Å². The highest BCUT2D eigenvalue weighted by Gasteiger charge is 2.08. The highest BCUT2D eigenvalue weighted by atomic mass is 32.2. The number of thiocarbonyl (C=S) groups is 1. The summed E-state index contributed by atoms with van der Waals surface area (Å²) < 4.78 is 10.1. The number of rotatable bonds is 6. The fraction of sp³-hybridized carbons (Fsp3) is 0.600. The van der Waals surface area contributed by atoms with Crippen LogP contribution in [-0.4, -0.2) is 22.9 Å². The molecule has 0 rings (SSSR count). The molecule has 0 aliphatic carbocycles. The minimum absolute atomic E-state index is 0.216. The van der Waals surface area contributed by atoms with Gasteiger partial charge >= 0.3 is 5.30 Å². The number of unbranched alkanes of at least 4 members (excludes halogenated alkanes) is 2. The van der Waals surface area contributed by atoms with E-state index in [1.165, 1.54) is 0 Å². The van der Waals surface area contributed by atoms with Crippen LogP contribution in [0.25, 0.3) is 0 Å². The fourth-order valence-corrected chi connectivity index (χ4v) is 1.57. The zero-order valence-electron chi connectivity index (χ0n) is 8.86. The molecule has 0 atom stereocenters. The van der Waals surface area contributed by atoms with Gasteiger partial charge in [-0.25, -0.2) is 4.79 Å². The molecule has 0 N–H and O–H groups in total. The van der Waals surface area contributed by atoms with Gasteiger partial charge in [-0.05, 0) is 38.4 Å². The molecule has 0 radical (unpaired) electrons. The van der Waals surface area contributed by atoms with Gasteiger partial charge in [0.15, 0.2) is 0 Å². The van der Waals surface area contributed by atoms with E-state index in [4.69, 9.17) is 21.7 Å². The van der Waals surface area contributed by atoms with Crippen LogP contribution >= 0.6 is 24.0 Å². The molecule has 0 spiro atoms. The maximum Gasteiger partial charge on any atom is 0.375 e. The second kappa shape index (κ2) is 9.98. The zero-order chi connectivity index (χ0) is 11.5. The van der Waals surface area contributed by atoms with Crippen molar-refractivity contribution in [3.8, 4) is 0 Å². The standard InChI is InChI=1S/C10H16O3S2/c1-3-5-6-7-8-13-9(11)15-10(14)12-4-2/h3H,1,4-8H2,2H3. The van der Waals surface area contributed by atoms with Crippen LogP contribution in [-0.2, 0) is 9.47 Å². The number of hydrogen-bond acceptors (Lipinski definition) is 5. The van der Waals surface area contributed by atoms with Gasteiger partial charge in [0.25, 0.3) is 0 Å². The first kappa shape index (κ1) is 14.5. The number of ether oxygens (including phenoxy) is 2. The molecule has 0 aliphatic rings. The van der Waals surface area contributed by atoms with Crippen molar-refractivity contribution >= 4 is 33.7 Å². The minimum atomic E-state index is -0.396. The first-order valence-corrected chi connectivity index (χ1v) is 6.05. The van der Waals surface area contributed by atoms with Crippen molar-refractivity contribution in [1.29, 1.82) is 0 Å². The van der Waals surface area contributed by atoms with Crippen LogP contribution in [0.15, 0.2) is 12.7 Å². The third-order valence-electron chi connectivity index (χ3n) is 1.45. The van der Waals surface area contributed by atoms with Crippen LogP contribution in [0, 0.1) is 0 Å². The smallest absolute Gasteiger partial charge is 0.375 e. The van der Waals surface area contributed by atoms with Crippen LogP contribution < -0.4 is 0 Å². The summed E-state index contributed by atoms with van der Waals surface area (Å²) in [5.41, 5.74) is 0. The number of thioether (sulfide) groups is 1. The Morgan fingerprint density at radius 3 is 2.80 bits per heavy atom. The number of carbonyl (C=O) groups is 1. The Hall–Kier alpha value is -0.550. The highest BCUT2D eigenvalue weighted by Crippen LogP contribution is 2.10. The van der Waals surface area contributed by atoms with Crippen molar-refractivity contribution in [2.45, 2.75) is 26.2 Å². The normalized spacial score (nSPS) is 9.40. The van der Waals surface area contributed by atoms with Gasteiger partial charge in [0.1, 0.15) is 0 Å². The van der Waals surface area contributed by atoms with Crippen LogP contribution in [0.1, 0.15) is 26.2 Å². The SMILES string of the molecule is C=CCCCCOC(=O)SC(=S)OCC. The summed E-state index contributed by atoms with van der Waals surface area (Å²) in [5, 5.41) is -0.396. The molecular formula is C10H16O3S2. The van der Waals surface area contributed by atoms with Crippen molar-refractivity contribution in [1.82, 2.24) is 0 Å². The van der Waals surface area contributed by atoms with E-state index in [1.54, 1.807) is 0 Å². The van der Waals surface area contributed by atoms with Crippen molar-refractivity contribution < 1.29 is 14.3 Å². The van der Waals surface area contributed by atoms with E-state index in [2.05, 4.69) is 6.58 Å². The first-order chi connectivity index (χ1) is 7.20. The molecule has 0 aliphatic heterocycles. The lowest BCUT2D eigenvalue weighted by atomic mass is 10.2. The van der Waals surface area contributed by atoms with E-state index >= 15 is 0 Å². The first-order valence-electron chi connectivity index (χ1n) is 4.83. The second-order valence-corrected chi connectivity index (χ2v) is 4.21. The van der Waals surface area contributed by atoms with E-state index in [1.807, 2.05) is 13.0 Å². The van der Waals surface area contributed by atoms with E-state index in [-0.39, 0.29) is 4.38 Å². The van der Waals surface area contributed by atoms with Crippen LogP contribution in [0.5, 0.6) is 0 Å². The average molecular weight is 248 g/mol. The summed E-state index contributed by atoms with van der Waals surface area (Å²) >= 11 is 5.59. The van der Waals surface area contributed by atoms with E-state index in [0.717, 1.165) is 31.0 Å². The highest BCUT2D eigenvalue weighted by molar-refractivity contribution is 8.32. The summed E-state index contributed by atoms with van der Waals surface area (Å²) in [4.78, 5) is 11.1. The molecule has 0 heterocycles.